The Morgan fingerprint density at radius 1 is 1.48 bits per heavy atom. The molecule has 2 N–H and O–H groups in total. The summed E-state index contributed by atoms with van der Waals surface area (Å²) in [4.78, 5) is 24.0. The second-order valence-corrected chi connectivity index (χ2v) is 8.50. The molecule has 8 heteroatoms. The molecular formula is C13H17NO5S2. The van der Waals surface area contributed by atoms with E-state index in [9.17, 15) is 18.0 Å². The van der Waals surface area contributed by atoms with Crippen molar-refractivity contribution in [2.45, 2.75) is 26.2 Å². The average molecular weight is 331 g/mol. The van der Waals surface area contributed by atoms with Crippen LogP contribution in [0.15, 0.2) is 6.07 Å². The summed E-state index contributed by atoms with van der Waals surface area (Å²) in [5, 5.41) is 12.0. The maximum atomic E-state index is 12.0. The minimum atomic E-state index is -3.01. The summed E-state index contributed by atoms with van der Waals surface area (Å²) in [5.74, 6) is -1.41. The zero-order valence-corrected chi connectivity index (χ0v) is 13.2. The van der Waals surface area contributed by atoms with Gasteiger partial charge in [0, 0.05) is 11.3 Å². The zero-order chi connectivity index (χ0) is 15.6. The highest BCUT2D eigenvalue weighted by atomic mass is 32.2. The third-order valence-electron chi connectivity index (χ3n) is 3.42. The maximum absolute atomic E-state index is 12.0. The molecule has 1 aliphatic heterocycles. The van der Waals surface area contributed by atoms with E-state index in [2.05, 4.69) is 5.32 Å². The van der Waals surface area contributed by atoms with Gasteiger partial charge in [0.2, 0.25) is 5.91 Å². The number of thiophene rings is 1. The smallest absolute Gasteiger partial charge is 0.338 e. The molecule has 0 spiro atoms. The predicted octanol–water partition coefficient (Wildman–Crippen LogP) is 1.77. The fourth-order valence-electron chi connectivity index (χ4n) is 2.34. The number of sulfone groups is 1. The van der Waals surface area contributed by atoms with E-state index in [0.717, 1.165) is 4.88 Å². The van der Waals surface area contributed by atoms with Crippen molar-refractivity contribution >= 4 is 38.1 Å². The maximum Gasteiger partial charge on any atom is 0.338 e. The Balaban J connectivity index is 2.03. The molecule has 1 aromatic heterocycles. The lowest BCUT2D eigenvalue weighted by molar-refractivity contribution is -0.116. The van der Waals surface area contributed by atoms with E-state index in [4.69, 9.17) is 5.11 Å². The number of hydrogen-bond acceptors (Lipinski definition) is 5. The normalized spacial score (nSPS) is 20.3. The summed E-state index contributed by atoms with van der Waals surface area (Å²) < 4.78 is 22.7. The fourth-order valence-corrected chi connectivity index (χ4v) is 5.21. The standard InChI is InChI=1S/C13H17NO5S2/c1-2-9-6-10(13(16)17)12(20-9)14-11(15)5-8-3-4-21(18,19)7-8/h6,8H,2-5,7H2,1H3,(H,14,15)(H,16,17). The van der Waals surface area contributed by atoms with Crippen LogP contribution in [-0.2, 0) is 21.1 Å². The van der Waals surface area contributed by atoms with Crippen molar-refractivity contribution < 1.29 is 23.1 Å². The Kier molecular flexibility index (Phi) is 4.67. The summed E-state index contributed by atoms with van der Waals surface area (Å²) in [5.41, 5.74) is 0.0873. The summed E-state index contributed by atoms with van der Waals surface area (Å²) in [7, 11) is -3.01. The predicted molar refractivity (Wildman–Crippen MR) is 80.7 cm³/mol. The minimum absolute atomic E-state index is 0.0385. The molecule has 0 aromatic carbocycles. The number of aromatic carboxylic acids is 1. The molecule has 0 bridgehead atoms. The summed E-state index contributed by atoms with van der Waals surface area (Å²) >= 11 is 1.24. The number of carboxylic acids is 1. The van der Waals surface area contributed by atoms with Crippen molar-refractivity contribution in [3.05, 3.63) is 16.5 Å². The van der Waals surface area contributed by atoms with Crippen LogP contribution in [0.3, 0.4) is 0 Å². The first-order valence-electron chi connectivity index (χ1n) is 6.67. The van der Waals surface area contributed by atoms with Gasteiger partial charge in [0.05, 0.1) is 17.1 Å². The highest BCUT2D eigenvalue weighted by Crippen LogP contribution is 2.29. The number of carboxylic acid groups (broad SMARTS) is 1. The van der Waals surface area contributed by atoms with E-state index >= 15 is 0 Å². The van der Waals surface area contributed by atoms with Crippen molar-refractivity contribution in [2.24, 2.45) is 5.92 Å². The SMILES string of the molecule is CCc1cc(C(=O)O)c(NC(=O)CC2CCS(=O)(=O)C2)s1. The van der Waals surface area contributed by atoms with Gasteiger partial charge in [0.15, 0.2) is 9.84 Å². The number of carbonyl (C=O) groups excluding carboxylic acids is 1. The molecule has 0 aliphatic carbocycles. The molecule has 1 unspecified atom stereocenters. The third kappa shape index (κ3) is 4.04. The fraction of sp³-hybridized carbons (Fsp3) is 0.538. The number of nitrogens with one attached hydrogen (secondary N) is 1. The quantitative estimate of drug-likeness (QED) is 0.856. The van der Waals surface area contributed by atoms with Crippen LogP contribution in [0.5, 0.6) is 0 Å². The van der Waals surface area contributed by atoms with Crippen LogP contribution in [0.25, 0.3) is 0 Å². The van der Waals surface area contributed by atoms with Gasteiger partial charge in [-0.1, -0.05) is 6.92 Å². The molecular weight excluding hydrogens is 314 g/mol. The molecule has 1 fully saturated rings. The van der Waals surface area contributed by atoms with Crippen LogP contribution in [0.1, 0.15) is 35.0 Å². The number of anilines is 1. The molecule has 1 saturated heterocycles. The van der Waals surface area contributed by atoms with Gasteiger partial charge >= 0.3 is 5.97 Å². The van der Waals surface area contributed by atoms with Gasteiger partial charge in [0.25, 0.3) is 0 Å². The summed E-state index contributed by atoms with van der Waals surface area (Å²) in [6.45, 7) is 1.91. The molecule has 1 atom stereocenters. The van der Waals surface area contributed by atoms with Crippen molar-refractivity contribution in [3.8, 4) is 0 Å². The molecule has 2 rings (SSSR count). The van der Waals surface area contributed by atoms with Gasteiger partial charge in [-0.2, -0.15) is 0 Å². The topological polar surface area (TPSA) is 101 Å². The highest BCUT2D eigenvalue weighted by molar-refractivity contribution is 7.91. The molecule has 2 heterocycles. The Bertz CT molecular complexity index is 662. The van der Waals surface area contributed by atoms with E-state index in [1.807, 2.05) is 6.92 Å². The van der Waals surface area contributed by atoms with Crippen molar-refractivity contribution in [1.29, 1.82) is 0 Å². The zero-order valence-electron chi connectivity index (χ0n) is 11.6. The lowest BCUT2D eigenvalue weighted by Gasteiger charge is -2.08. The van der Waals surface area contributed by atoms with E-state index in [1.54, 1.807) is 6.07 Å². The number of hydrogen-bond donors (Lipinski definition) is 2. The minimum Gasteiger partial charge on any atom is -0.478 e. The van der Waals surface area contributed by atoms with E-state index in [0.29, 0.717) is 17.8 Å². The number of aryl methyl sites for hydroxylation is 1. The van der Waals surface area contributed by atoms with Crippen molar-refractivity contribution in [2.75, 3.05) is 16.8 Å². The van der Waals surface area contributed by atoms with Crippen LogP contribution >= 0.6 is 11.3 Å². The van der Waals surface area contributed by atoms with Crippen LogP contribution in [0.4, 0.5) is 5.00 Å². The molecule has 1 aromatic rings. The van der Waals surface area contributed by atoms with Gasteiger partial charge in [-0.3, -0.25) is 4.79 Å². The highest BCUT2D eigenvalue weighted by Gasteiger charge is 2.29. The average Bonchev–Trinajstić information content (AvgIpc) is 2.92. The molecule has 0 radical (unpaired) electrons. The van der Waals surface area contributed by atoms with Gasteiger partial charge in [-0.05, 0) is 24.8 Å². The van der Waals surface area contributed by atoms with Crippen molar-refractivity contribution in [1.82, 2.24) is 0 Å². The Labute approximate surface area is 127 Å². The number of carbonyl (C=O) groups is 2. The number of amides is 1. The molecule has 21 heavy (non-hydrogen) atoms. The Morgan fingerprint density at radius 3 is 2.71 bits per heavy atom. The Hall–Kier alpha value is -1.41. The first kappa shape index (κ1) is 16.0. The van der Waals surface area contributed by atoms with Crippen LogP contribution < -0.4 is 5.32 Å². The summed E-state index contributed by atoms with van der Waals surface area (Å²) in [6.07, 6.45) is 1.30. The van der Waals surface area contributed by atoms with Crippen LogP contribution in [0.2, 0.25) is 0 Å². The molecule has 1 aliphatic rings. The molecule has 116 valence electrons. The third-order valence-corrected chi connectivity index (χ3v) is 6.45. The summed E-state index contributed by atoms with van der Waals surface area (Å²) in [6, 6.07) is 1.56. The number of rotatable bonds is 5. The van der Waals surface area contributed by atoms with E-state index < -0.39 is 15.8 Å². The second-order valence-electron chi connectivity index (χ2n) is 5.14. The first-order valence-corrected chi connectivity index (χ1v) is 9.30. The monoisotopic (exact) mass is 331 g/mol. The van der Waals surface area contributed by atoms with E-state index in [-0.39, 0.29) is 35.3 Å². The Morgan fingerprint density at radius 2 is 2.19 bits per heavy atom. The van der Waals surface area contributed by atoms with Gasteiger partial charge in [-0.15, -0.1) is 11.3 Å². The van der Waals surface area contributed by atoms with Crippen LogP contribution in [0, 0.1) is 5.92 Å². The first-order chi connectivity index (χ1) is 9.80. The van der Waals surface area contributed by atoms with Gasteiger partial charge in [0.1, 0.15) is 5.00 Å². The molecule has 1 amide bonds. The largest absolute Gasteiger partial charge is 0.478 e. The lowest BCUT2D eigenvalue weighted by Crippen LogP contribution is -2.18. The lowest BCUT2D eigenvalue weighted by atomic mass is 10.1. The van der Waals surface area contributed by atoms with E-state index in [1.165, 1.54) is 11.3 Å². The van der Waals surface area contributed by atoms with Gasteiger partial charge in [-0.25, -0.2) is 13.2 Å². The van der Waals surface area contributed by atoms with Crippen LogP contribution in [-0.4, -0.2) is 36.9 Å². The second kappa shape index (κ2) is 6.15. The molecule has 6 nitrogen and oxygen atoms in total. The van der Waals surface area contributed by atoms with Crippen molar-refractivity contribution in [3.63, 3.8) is 0 Å². The molecule has 0 saturated carbocycles. The van der Waals surface area contributed by atoms with Gasteiger partial charge < -0.3 is 10.4 Å².